The van der Waals surface area contributed by atoms with Gasteiger partial charge in [-0.15, -0.1) is 0 Å². The first kappa shape index (κ1) is 26.9. The normalized spacial score (nSPS) is 32.2. The topological polar surface area (TPSA) is 111 Å². The summed E-state index contributed by atoms with van der Waals surface area (Å²) >= 11 is 0. The minimum atomic E-state index is -2.96. The van der Waals surface area contributed by atoms with E-state index in [1.165, 1.54) is 23.9 Å². The van der Waals surface area contributed by atoms with Gasteiger partial charge < -0.3 is 32.3 Å². The van der Waals surface area contributed by atoms with E-state index in [0.717, 1.165) is 0 Å². The van der Waals surface area contributed by atoms with Crippen molar-refractivity contribution in [3.05, 3.63) is 22.6 Å². The fraction of sp³-hybridized carbons (Fsp3) is 0.826. The van der Waals surface area contributed by atoms with Gasteiger partial charge in [0.05, 0.1) is 6.61 Å². The monoisotopic (exact) mass is 528 g/mol. The van der Waals surface area contributed by atoms with Crippen molar-refractivity contribution < 1.29 is 32.3 Å². The maximum Gasteiger partial charge on any atom is 0.335 e. The Labute approximate surface area is 209 Å². The number of aliphatic hydroxyl groups is 1. The molecule has 1 aromatic rings. The molecule has 0 radical (unpaired) electrons. The van der Waals surface area contributed by atoms with E-state index < -0.39 is 53.0 Å². The molecule has 0 saturated carbocycles. The number of rotatable bonds is 6. The Kier molecular flexibility index (Phi) is 7.17. The molecule has 5 atom stereocenters. The summed E-state index contributed by atoms with van der Waals surface area (Å²) in [6.07, 6.45) is -1.88. The van der Waals surface area contributed by atoms with Crippen LogP contribution in [0.4, 0.5) is 0 Å². The second-order valence-electron chi connectivity index (χ2n) is 11.0. The molecule has 3 aliphatic heterocycles. The first-order chi connectivity index (χ1) is 16.4. The van der Waals surface area contributed by atoms with Crippen molar-refractivity contribution in [2.45, 2.75) is 108 Å². The van der Waals surface area contributed by atoms with E-state index in [-0.39, 0.29) is 34.8 Å². The van der Waals surface area contributed by atoms with Gasteiger partial charge in [0.15, 0.2) is 6.10 Å². The molecule has 35 heavy (non-hydrogen) atoms. The largest absolute Gasteiger partial charge is 0.453 e. The Morgan fingerprint density at radius 2 is 1.69 bits per heavy atom. The highest BCUT2D eigenvalue weighted by atomic mass is 28.5. The number of nitrogens with zero attached hydrogens (tertiary/aromatic N) is 2. The molecule has 4 rings (SSSR count). The Hall–Kier alpha value is -1.13. The Bertz CT molecular complexity index is 971. The van der Waals surface area contributed by atoms with Crippen molar-refractivity contribution >= 4 is 17.1 Å². The minimum absolute atomic E-state index is 0.0546. The van der Waals surface area contributed by atoms with Crippen LogP contribution in [-0.2, 0) is 28.2 Å². The number of fused-ring (bicyclic) bond motifs is 5. The van der Waals surface area contributed by atoms with Crippen molar-refractivity contribution in [1.82, 2.24) is 9.55 Å². The molecule has 12 heteroatoms. The van der Waals surface area contributed by atoms with Crippen LogP contribution in [0.3, 0.4) is 0 Å². The molecule has 0 unspecified atom stereocenters. The van der Waals surface area contributed by atoms with Crippen LogP contribution in [0.25, 0.3) is 0 Å². The van der Waals surface area contributed by atoms with Crippen LogP contribution in [0.2, 0.25) is 22.2 Å². The van der Waals surface area contributed by atoms with Crippen LogP contribution in [0.15, 0.2) is 17.1 Å². The maximum atomic E-state index is 12.0. The average molecular weight is 529 g/mol. The third kappa shape index (κ3) is 3.88. The fourth-order valence-corrected chi connectivity index (χ4v) is 17.1. The maximum absolute atomic E-state index is 12.0. The molecule has 198 valence electrons. The number of aromatic nitrogens is 2. The summed E-state index contributed by atoms with van der Waals surface area (Å²) in [6, 6.07) is 1.36. The summed E-state index contributed by atoms with van der Waals surface area (Å²) in [6.45, 7) is 17.4. The quantitative estimate of drug-likeness (QED) is 0.440. The minimum Gasteiger partial charge on any atom is -0.453 e. The number of aliphatic hydroxyl groups excluding tert-OH is 1. The highest BCUT2D eigenvalue weighted by molar-refractivity contribution is 6.84. The summed E-state index contributed by atoms with van der Waals surface area (Å²) in [7, 11) is -4.32. The molecule has 2 fully saturated rings. The second-order valence-corrected chi connectivity index (χ2v) is 19.9. The summed E-state index contributed by atoms with van der Waals surface area (Å²) < 4.78 is 40.8. The van der Waals surface area contributed by atoms with Crippen molar-refractivity contribution in [3.8, 4) is 6.01 Å². The molecule has 1 N–H and O–H groups in total. The molecule has 1 aromatic heterocycles. The lowest BCUT2D eigenvalue weighted by molar-refractivity contribution is -0.263. The Morgan fingerprint density at radius 3 is 2.23 bits per heavy atom. The van der Waals surface area contributed by atoms with Crippen molar-refractivity contribution in [2.75, 3.05) is 13.7 Å². The van der Waals surface area contributed by atoms with Gasteiger partial charge >= 0.3 is 23.1 Å². The van der Waals surface area contributed by atoms with E-state index in [4.69, 9.17) is 27.2 Å². The van der Waals surface area contributed by atoms with Crippen LogP contribution >= 0.6 is 0 Å². The summed E-state index contributed by atoms with van der Waals surface area (Å²) in [5.74, 6) is 0. The number of methoxy groups -OCH3 is 1. The molecule has 4 heterocycles. The SMILES string of the molecule is CO[C@H](O)[C@]12O[C@@H]3CO[Si](C(C)C)(C(C)C)O[Si](C(C)C)(C(C)C)O[C@H]3[C@@H]1Oc1nc(=O)ccn12. The van der Waals surface area contributed by atoms with E-state index >= 15 is 0 Å². The zero-order valence-electron chi connectivity index (χ0n) is 22.2. The molecular formula is C23H40N2O8Si2. The van der Waals surface area contributed by atoms with E-state index in [9.17, 15) is 9.90 Å². The third-order valence-electron chi connectivity index (χ3n) is 7.71. The lowest BCUT2D eigenvalue weighted by atomic mass is 10.0. The van der Waals surface area contributed by atoms with Gasteiger partial charge in [-0.05, 0) is 22.2 Å². The smallest absolute Gasteiger partial charge is 0.335 e. The first-order valence-corrected chi connectivity index (χ1v) is 16.5. The summed E-state index contributed by atoms with van der Waals surface area (Å²) in [5.41, 5.74) is -1.33. The van der Waals surface area contributed by atoms with Crippen LogP contribution in [0, 0.1) is 0 Å². The lowest BCUT2D eigenvalue weighted by Crippen LogP contribution is -2.66. The van der Waals surface area contributed by atoms with Gasteiger partial charge in [0.2, 0.25) is 12.0 Å². The van der Waals surface area contributed by atoms with Gasteiger partial charge in [-0.25, -0.2) is 0 Å². The summed E-state index contributed by atoms with van der Waals surface area (Å²) in [4.78, 5) is 16.0. The van der Waals surface area contributed by atoms with E-state index in [0.29, 0.717) is 0 Å². The molecule has 0 aliphatic carbocycles. The van der Waals surface area contributed by atoms with E-state index in [2.05, 4.69) is 60.4 Å². The van der Waals surface area contributed by atoms with Gasteiger partial charge in [0.25, 0.3) is 5.56 Å². The molecule has 3 aliphatic rings. The Balaban J connectivity index is 1.87. The Morgan fingerprint density at radius 1 is 1.09 bits per heavy atom. The van der Waals surface area contributed by atoms with Gasteiger partial charge in [0, 0.05) is 19.4 Å². The molecule has 2 saturated heterocycles. The third-order valence-corrected chi connectivity index (χ3v) is 18.0. The lowest BCUT2D eigenvalue weighted by Gasteiger charge is -2.51. The highest BCUT2D eigenvalue weighted by Gasteiger charge is 2.70. The number of hydrogen-bond acceptors (Lipinski definition) is 9. The van der Waals surface area contributed by atoms with Crippen molar-refractivity contribution in [1.29, 1.82) is 0 Å². The van der Waals surface area contributed by atoms with Crippen molar-refractivity contribution in [2.24, 2.45) is 0 Å². The van der Waals surface area contributed by atoms with E-state index in [1.54, 1.807) is 0 Å². The zero-order valence-corrected chi connectivity index (χ0v) is 24.2. The highest BCUT2D eigenvalue weighted by Crippen LogP contribution is 2.53. The zero-order chi connectivity index (χ0) is 25.9. The molecule has 0 spiro atoms. The molecule has 10 nitrogen and oxygen atoms in total. The van der Waals surface area contributed by atoms with Crippen LogP contribution in [0.5, 0.6) is 6.01 Å². The van der Waals surface area contributed by atoms with Gasteiger partial charge in [-0.3, -0.25) is 9.36 Å². The molecule has 0 aromatic carbocycles. The van der Waals surface area contributed by atoms with Gasteiger partial charge in [-0.2, -0.15) is 4.98 Å². The van der Waals surface area contributed by atoms with Crippen molar-refractivity contribution in [3.63, 3.8) is 0 Å². The number of hydrogen-bond donors (Lipinski definition) is 1. The van der Waals surface area contributed by atoms with Crippen LogP contribution in [-0.4, -0.2) is 70.1 Å². The average Bonchev–Trinajstić information content (AvgIpc) is 3.23. The van der Waals surface area contributed by atoms with Gasteiger partial charge in [0.1, 0.15) is 12.2 Å². The van der Waals surface area contributed by atoms with Crippen LogP contribution < -0.4 is 10.3 Å². The van der Waals surface area contributed by atoms with Crippen LogP contribution in [0.1, 0.15) is 55.4 Å². The standard InChI is InChI=1S/C23H40N2O8Si2/c1-13(2)34(14(3)4)29-12-17-19(32-35(33-34,15(5)6)16(7)8)20-23(31-17,21(27)28-9)25-11-10-18(26)24-22(25)30-20/h10-11,13-17,19-21,27H,12H2,1-9H3/t17-,19-,20+,21+,23-/m1/s1. The first-order valence-electron chi connectivity index (χ1n) is 12.5. The van der Waals surface area contributed by atoms with Gasteiger partial charge in [-0.1, -0.05) is 55.4 Å². The van der Waals surface area contributed by atoms with E-state index in [1.807, 2.05) is 0 Å². The second kappa shape index (κ2) is 9.32. The molecule has 0 amide bonds. The fourth-order valence-electron chi connectivity index (χ4n) is 5.89. The number of ether oxygens (including phenoxy) is 3. The summed E-state index contributed by atoms with van der Waals surface area (Å²) in [5, 5.41) is 11.1. The molecule has 0 bridgehead atoms. The predicted molar refractivity (Wildman–Crippen MR) is 133 cm³/mol. The predicted octanol–water partition coefficient (Wildman–Crippen LogP) is 2.98. The molecular weight excluding hydrogens is 488 g/mol.